The van der Waals surface area contributed by atoms with Crippen molar-refractivity contribution in [3.63, 3.8) is 0 Å². The summed E-state index contributed by atoms with van der Waals surface area (Å²) < 4.78 is 5.83. The first-order chi connectivity index (χ1) is 11.1. The summed E-state index contributed by atoms with van der Waals surface area (Å²) in [5, 5.41) is 6.95. The molecule has 126 valence electrons. The lowest BCUT2D eigenvalue weighted by atomic mass is 9.92. The van der Waals surface area contributed by atoms with Crippen molar-refractivity contribution in [2.75, 3.05) is 26.7 Å². The maximum Gasteiger partial charge on any atom is 0.191 e. The van der Waals surface area contributed by atoms with Crippen molar-refractivity contribution in [1.82, 2.24) is 10.6 Å². The average molecular weight is 315 g/mol. The van der Waals surface area contributed by atoms with Gasteiger partial charge in [0.05, 0.1) is 5.60 Å². The summed E-state index contributed by atoms with van der Waals surface area (Å²) in [7, 11) is 1.83. The first kappa shape index (κ1) is 16.3. The molecule has 0 radical (unpaired) electrons. The minimum atomic E-state index is -0.0507. The number of rotatable bonds is 5. The maximum absolute atomic E-state index is 5.83. The fraction of sp³-hybridized carbons (Fsp3) is 0.632. The zero-order valence-corrected chi connectivity index (χ0v) is 14.6. The van der Waals surface area contributed by atoms with Gasteiger partial charge in [0.25, 0.3) is 0 Å². The van der Waals surface area contributed by atoms with E-state index in [4.69, 9.17) is 4.74 Å². The molecular weight excluding hydrogens is 286 g/mol. The van der Waals surface area contributed by atoms with E-state index in [0.29, 0.717) is 0 Å². The van der Waals surface area contributed by atoms with Crippen molar-refractivity contribution in [3.05, 3.63) is 35.4 Å². The van der Waals surface area contributed by atoms with E-state index in [9.17, 15) is 0 Å². The second kappa shape index (κ2) is 6.52. The largest absolute Gasteiger partial charge is 0.373 e. The first-order valence-electron chi connectivity index (χ1n) is 8.72. The second-order valence-electron chi connectivity index (χ2n) is 7.28. The molecule has 0 spiro atoms. The van der Waals surface area contributed by atoms with Crippen molar-refractivity contribution in [2.45, 2.75) is 50.5 Å². The number of nitrogens with zero attached hydrogens (tertiary/aromatic N) is 1. The van der Waals surface area contributed by atoms with Gasteiger partial charge in [-0.25, -0.2) is 0 Å². The Kier molecular flexibility index (Phi) is 4.62. The number of ether oxygens (including phenoxy) is 1. The Balaban J connectivity index is 1.55. The number of benzene rings is 1. The van der Waals surface area contributed by atoms with Crippen LogP contribution in [0.5, 0.6) is 0 Å². The smallest absolute Gasteiger partial charge is 0.191 e. The normalized spacial score (nSPS) is 26.1. The number of hydrogen-bond donors (Lipinski definition) is 2. The number of aryl methyl sites for hydroxylation is 1. The van der Waals surface area contributed by atoms with Crippen molar-refractivity contribution in [1.29, 1.82) is 0 Å². The first-order valence-corrected chi connectivity index (χ1v) is 8.72. The molecule has 0 aromatic heterocycles. The van der Waals surface area contributed by atoms with Crippen molar-refractivity contribution in [3.8, 4) is 0 Å². The van der Waals surface area contributed by atoms with E-state index < -0.39 is 0 Å². The Morgan fingerprint density at radius 3 is 2.52 bits per heavy atom. The molecule has 1 unspecified atom stereocenters. The minimum absolute atomic E-state index is 0.0507. The van der Waals surface area contributed by atoms with Crippen LogP contribution in [0.25, 0.3) is 0 Å². The molecule has 1 aliphatic heterocycles. The van der Waals surface area contributed by atoms with Gasteiger partial charge in [-0.3, -0.25) is 4.99 Å². The molecule has 3 rings (SSSR count). The maximum atomic E-state index is 5.83. The van der Waals surface area contributed by atoms with Gasteiger partial charge in [-0.2, -0.15) is 0 Å². The van der Waals surface area contributed by atoms with Gasteiger partial charge in [0.1, 0.15) is 0 Å². The Hall–Kier alpha value is -1.55. The molecule has 1 aromatic rings. The quantitative estimate of drug-likeness (QED) is 0.649. The van der Waals surface area contributed by atoms with Crippen molar-refractivity contribution in [2.24, 2.45) is 4.99 Å². The highest BCUT2D eigenvalue weighted by Gasteiger charge is 2.45. The van der Waals surface area contributed by atoms with Crippen LogP contribution < -0.4 is 10.6 Å². The molecule has 4 nitrogen and oxygen atoms in total. The number of aliphatic imine (C=N–C) groups is 1. The van der Waals surface area contributed by atoms with Gasteiger partial charge in [0, 0.05) is 32.2 Å². The summed E-state index contributed by atoms with van der Waals surface area (Å²) in [6.07, 6.45) is 4.77. The van der Waals surface area contributed by atoms with Crippen LogP contribution >= 0.6 is 0 Å². The molecule has 2 fully saturated rings. The third-order valence-corrected chi connectivity index (χ3v) is 5.32. The number of guanidine groups is 1. The molecule has 1 atom stereocenters. The topological polar surface area (TPSA) is 45.7 Å². The fourth-order valence-corrected chi connectivity index (χ4v) is 3.58. The SMILES string of the molecule is CN=C(NCC1(C)CCCO1)NCC1(c2ccccc2C)CC1. The van der Waals surface area contributed by atoms with Gasteiger partial charge in [-0.1, -0.05) is 24.3 Å². The Morgan fingerprint density at radius 1 is 1.17 bits per heavy atom. The standard InChI is InChI=1S/C19H29N3O/c1-15-7-4-5-8-16(15)19(10-11-19)14-22-17(20-3)21-13-18(2)9-6-12-23-18/h4-5,7-8H,6,9-14H2,1-3H3,(H2,20,21,22). The third-order valence-electron chi connectivity index (χ3n) is 5.32. The van der Waals surface area contributed by atoms with Crippen LogP contribution in [0.2, 0.25) is 0 Å². The Morgan fingerprint density at radius 2 is 1.91 bits per heavy atom. The van der Waals surface area contributed by atoms with Crippen molar-refractivity contribution < 1.29 is 4.74 Å². The fourth-order valence-electron chi connectivity index (χ4n) is 3.58. The van der Waals surface area contributed by atoms with E-state index in [0.717, 1.165) is 38.5 Å². The van der Waals surface area contributed by atoms with Crippen LogP contribution in [0, 0.1) is 6.92 Å². The zero-order valence-electron chi connectivity index (χ0n) is 14.6. The van der Waals surface area contributed by atoms with Gasteiger partial charge in [-0.15, -0.1) is 0 Å². The molecule has 1 saturated heterocycles. The lowest BCUT2D eigenvalue weighted by molar-refractivity contribution is 0.0243. The number of hydrogen-bond acceptors (Lipinski definition) is 2. The van der Waals surface area contributed by atoms with E-state index in [2.05, 4.69) is 53.7 Å². The van der Waals surface area contributed by atoms with Crippen LogP contribution in [-0.4, -0.2) is 38.3 Å². The second-order valence-corrected chi connectivity index (χ2v) is 7.28. The molecule has 4 heteroatoms. The van der Waals surface area contributed by atoms with Crippen LogP contribution in [-0.2, 0) is 10.2 Å². The predicted octanol–water partition coefficient (Wildman–Crippen LogP) is 2.76. The van der Waals surface area contributed by atoms with Gasteiger partial charge in [0.2, 0.25) is 0 Å². The molecule has 1 saturated carbocycles. The molecule has 2 aliphatic rings. The predicted molar refractivity (Wildman–Crippen MR) is 95.0 cm³/mol. The highest BCUT2D eigenvalue weighted by atomic mass is 16.5. The van der Waals surface area contributed by atoms with Gasteiger partial charge in [0.15, 0.2) is 5.96 Å². The number of nitrogens with one attached hydrogen (secondary N) is 2. The zero-order chi connectivity index (χ0) is 16.3. The van der Waals surface area contributed by atoms with Gasteiger partial charge >= 0.3 is 0 Å². The van der Waals surface area contributed by atoms with E-state index in [1.54, 1.807) is 0 Å². The molecule has 1 aromatic carbocycles. The lowest BCUT2D eigenvalue weighted by Gasteiger charge is -2.26. The monoisotopic (exact) mass is 315 g/mol. The van der Waals surface area contributed by atoms with Crippen LogP contribution in [0.4, 0.5) is 0 Å². The summed E-state index contributed by atoms with van der Waals surface area (Å²) in [6, 6.07) is 8.74. The van der Waals surface area contributed by atoms with E-state index in [1.807, 2.05) is 7.05 Å². The third kappa shape index (κ3) is 3.69. The van der Waals surface area contributed by atoms with Crippen LogP contribution in [0.3, 0.4) is 0 Å². The summed E-state index contributed by atoms with van der Waals surface area (Å²) in [6.45, 7) is 7.01. The molecule has 0 amide bonds. The Labute approximate surface area is 139 Å². The highest BCUT2D eigenvalue weighted by molar-refractivity contribution is 5.80. The van der Waals surface area contributed by atoms with E-state index in [-0.39, 0.29) is 11.0 Å². The molecule has 1 aliphatic carbocycles. The van der Waals surface area contributed by atoms with Gasteiger partial charge < -0.3 is 15.4 Å². The lowest BCUT2D eigenvalue weighted by Crippen LogP contribution is -2.47. The molecule has 1 heterocycles. The van der Waals surface area contributed by atoms with E-state index >= 15 is 0 Å². The van der Waals surface area contributed by atoms with E-state index in [1.165, 1.54) is 24.0 Å². The van der Waals surface area contributed by atoms with Crippen LogP contribution in [0.15, 0.2) is 29.3 Å². The van der Waals surface area contributed by atoms with Gasteiger partial charge in [-0.05, 0) is 50.7 Å². The van der Waals surface area contributed by atoms with Crippen LogP contribution in [0.1, 0.15) is 43.7 Å². The molecular formula is C19H29N3O. The molecule has 23 heavy (non-hydrogen) atoms. The summed E-state index contributed by atoms with van der Waals surface area (Å²) in [4.78, 5) is 4.37. The highest BCUT2D eigenvalue weighted by Crippen LogP contribution is 2.48. The summed E-state index contributed by atoms with van der Waals surface area (Å²) in [5.74, 6) is 0.876. The summed E-state index contributed by atoms with van der Waals surface area (Å²) >= 11 is 0. The Bertz CT molecular complexity index is 572. The molecule has 0 bridgehead atoms. The summed E-state index contributed by atoms with van der Waals surface area (Å²) in [5.41, 5.74) is 3.11. The molecule has 2 N–H and O–H groups in total. The van der Waals surface area contributed by atoms with Crippen molar-refractivity contribution >= 4 is 5.96 Å². The minimum Gasteiger partial charge on any atom is -0.373 e. The average Bonchev–Trinajstić information content (AvgIpc) is 3.22.